The Labute approximate surface area is 93.0 Å². The second kappa shape index (κ2) is 6.78. The summed E-state index contributed by atoms with van der Waals surface area (Å²) >= 11 is 0. The van der Waals surface area contributed by atoms with E-state index >= 15 is 0 Å². The Morgan fingerprint density at radius 2 is 2.13 bits per heavy atom. The monoisotopic (exact) mass is 213 g/mol. The van der Waals surface area contributed by atoms with Gasteiger partial charge in [-0.05, 0) is 12.8 Å². The third kappa shape index (κ3) is 7.32. The van der Waals surface area contributed by atoms with Gasteiger partial charge in [0.2, 0.25) is 0 Å². The molecule has 1 unspecified atom stereocenters. The van der Waals surface area contributed by atoms with Gasteiger partial charge in [0.25, 0.3) is 0 Å². The minimum absolute atomic E-state index is 0.566. The van der Waals surface area contributed by atoms with E-state index in [1.807, 2.05) is 0 Å². The molecule has 0 spiro atoms. The highest BCUT2D eigenvalue weighted by atomic mass is 16.5. The van der Waals surface area contributed by atoms with E-state index in [-0.39, 0.29) is 0 Å². The Morgan fingerprint density at radius 1 is 1.53 bits per heavy atom. The molecule has 0 saturated carbocycles. The Kier molecular flexibility index (Phi) is 6.50. The van der Waals surface area contributed by atoms with E-state index in [0.717, 1.165) is 13.1 Å². The molecule has 4 heteroatoms. The van der Waals surface area contributed by atoms with E-state index < -0.39 is 5.54 Å². The summed E-state index contributed by atoms with van der Waals surface area (Å²) in [6.07, 6.45) is 0. The fraction of sp³-hybridized carbons (Fsp3) is 0.909. The standard InChI is InChI=1S/C11H23N3O/c1-10(2)7-14(5-6-15-4)9-11(3,13)8-12/h10H,5-7,9,13H2,1-4H3. The van der Waals surface area contributed by atoms with E-state index in [2.05, 4.69) is 24.8 Å². The molecule has 0 aliphatic rings. The van der Waals surface area contributed by atoms with Crippen LogP contribution < -0.4 is 5.73 Å². The van der Waals surface area contributed by atoms with Crippen LogP contribution in [0, 0.1) is 17.2 Å². The third-order valence-electron chi connectivity index (χ3n) is 2.04. The summed E-state index contributed by atoms with van der Waals surface area (Å²) in [6, 6.07) is 2.12. The molecule has 0 aliphatic carbocycles. The van der Waals surface area contributed by atoms with Crippen molar-refractivity contribution in [1.29, 1.82) is 5.26 Å². The molecule has 0 bridgehead atoms. The topological polar surface area (TPSA) is 62.3 Å². The van der Waals surface area contributed by atoms with Gasteiger partial charge in [-0.2, -0.15) is 5.26 Å². The van der Waals surface area contributed by atoms with Gasteiger partial charge in [0.15, 0.2) is 0 Å². The molecule has 4 nitrogen and oxygen atoms in total. The van der Waals surface area contributed by atoms with Crippen LogP contribution in [0.15, 0.2) is 0 Å². The summed E-state index contributed by atoms with van der Waals surface area (Å²) < 4.78 is 5.04. The van der Waals surface area contributed by atoms with Gasteiger partial charge in [0.1, 0.15) is 5.54 Å². The van der Waals surface area contributed by atoms with Crippen LogP contribution in [0.2, 0.25) is 0 Å². The van der Waals surface area contributed by atoms with Gasteiger partial charge in [0.05, 0.1) is 12.7 Å². The van der Waals surface area contributed by atoms with Gasteiger partial charge in [0, 0.05) is 26.7 Å². The highest BCUT2D eigenvalue weighted by Crippen LogP contribution is 2.05. The van der Waals surface area contributed by atoms with Gasteiger partial charge in [-0.1, -0.05) is 13.8 Å². The van der Waals surface area contributed by atoms with Crippen molar-refractivity contribution >= 4 is 0 Å². The third-order valence-corrected chi connectivity index (χ3v) is 2.04. The Morgan fingerprint density at radius 3 is 2.53 bits per heavy atom. The Bertz CT molecular complexity index is 208. The maximum Gasteiger partial charge on any atom is 0.114 e. The minimum Gasteiger partial charge on any atom is -0.383 e. The van der Waals surface area contributed by atoms with Crippen LogP contribution in [0.25, 0.3) is 0 Å². The first-order chi connectivity index (χ1) is 6.91. The Balaban J connectivity index is 4.18. The molecule has 0 aromatic heterocycles. The number of nitriles is 1. The number of hydrogen-bond donors (Lipinski definition) is 1. The van der Waals surface area contributed by atoms with E-state index in [0.29, 0.717) is 19.1 Å². The van der Waals surface area contributed by atoms with Crippen LogP contribution in [0.1, 0.15) is 20.8 Å². The predicted molar refractivity (Wildman–Crippen MR) is 61.4 cm³/mol. The lowest BCUT2D eigenvalue weighted by molar-refractivity contribution is 0.131. The molecule has 0 radical (unpaired) electrons. The van der Waals surface area contributed by atoms with Crippen molar-refractivity contribution in [2.75, 3.05) is 33.4 Å². The molecule has 0 fully saturated rings. The second-order valence-corrected chi connectivity index (χ2v) is 4.65. The lowest BCUT2D eigenvalue weighted by Crippen LogP contribution is -2.48. The van der Waals surface area contributed by atoms with Crippen LogP contribution >= 0.6 is 0 Å². The summed E-state index contributed by atoms with van der Waals surface area (Å²) in [5, 5.41) is 8.87. The number of rotatable bonds is 7. The van der Waals surface area contributed by atoms with Crippen LogP contribution in [-0.4, -0.2) is 43.8 Å². The van der Waals surface area contributed by atoms with Crippen LogP contribution in [0.3, 0.4) is 0 Å². The first kappa shape index (κ1) is 14.4. The smallest absolute Gasteiger partial charge is 0.114 e. The normalized spacial score (nSPS) is 15.3. The van der Waals surface area contributed by atoms with Crippen LogP contribution in [0.5, 0.6) is 0 Å². The fourth-order valence-electron chi connectivity index (χ4n) is 1.47. The van der Waals surface area contributed by atoms with Crippen molar-refractivity contribution in [3.63, 3.8) is 0 Å². The van der Waals surface area contributed by atoms with Crippen molar-refractivity contribution < 1.29 is 4.74 Å². The zero-order chi connectivity index (χ0) is 11.9. The number of nitrogens with two attached hydrogens (primary N) is 1. The molecule has 0 rings (SSSR count). The zero-order valence-corrected chi connectivity index (χ0v) is 10.3. The SMILES string of the molecule is COCCN(CC(C)C)CC(C)(N)C#N. The van der Waals surface area contributed by atoms with Gasteiger partial charge >= 0.3 is 0 Å². The van der Waals surface area contributed by atoms with E-state index in [9.17, 15) is 0 Å². The summed E-state index contributed by atoms with van der Waals surface area (Å²) in [5.41, 5.74) is 5.05. The van der Waals surface area contributed by atoms with E-state index in [1.54, 1.807) is 14.0 Å². The molecule has 0 aromatic rings. The van der Waals surface area contributed by atoms with Crippen molar-refractivity contribution in [2.24, 2.45) is 11.7 Å². The molecule has 0 aliphatic heterocycles. The molecule has 2 N–H and O–H groups in total. The average molecular weight is 213 g/mol. The first-order valence-electron chi connectivity index (χ1n) is 5.32. The number of hydrogen-bond acceptors (Lipinski definition) is 4. The summed E-state index contributed by atoms with van der Waals surface area (Å²) in [6.45, 7) is 9.09. The molecular formula is C11H23N3O. The quantitative estimate of drug-likeness (QED) is 0.680. The van der Waals surface area contributed by atoms with Crippen LogP contribution in [0.4, 0.5) is 0 Å². The molecule has 0 saturated heterocycles. The van der Waals surface area contributed by atoms with Crippen molar-refractivity contribution in [3.05, 3.63) is 0 Å². The molecular weight excluding hydrogens is 190 g/mol. The van der Waals surface area contributed by atoms with Crippen molar-refractivity contribution in [3.8, 4) is 6.07 Å². The molecule has 0 heterocycles. The van der Waals surface area contributed by atoms with E-state index in [4.69, 9.17) is 15.7 Å². The fourth-order valence-corrected chi connectivity index (χ4v) is 1.47. The lowest BCUT2D eigenvalue weighted by Gasteiger charge is -2.29. The molecule has 0 aromatic carbocycles. The summed E-state index contributed by atoms with van der Waals surface area (Å²) in [5.74, 6) is 0.566. The number of nitrogens with zero attached hydrogens (tertiary/aromatic N) is 2. The highest BCUT2D eigenvalue weighted by molar-refractivity contribution is 5.03. The maximum atomic E-state index is 8.87. The van der Waals surface area contributed by atoms with Gasteiger partial charge < -0.3 is 10.5 Å². The number of methoxy groups -OCH3 is 1. The largest absolute Gasteiger partial charge is 0.383 e. The molecule has 1 atom stereocenters. The minimum atomic E-state index is -0.775. The zero-order valence-electron chi connectivity index (χ0n) is 10.3. The molecule has 15 heavy (non-hydrogen) atoms. The summed E-state index contributed by atoms with van der Waals surface area (Å²) in [7, 11) is 1.68. The van der Waals surface area contributed by atoms with E-state index in [1.165, 1.54) is 0 Å². The maximum absolute atomic E-state index is 8.87. The second-order valence-electron chi connectivity index (χ2n) is 4.65. The average Bonchev–Trinajstić information content (AvgIpc) is 2.13. The predicted octanol–water partition coefficient (Wildman–Crippen LogP) is 0.832. The van der Waals surface area contributed by atoms with Crippen molar-refractivity contribution in [2.45, 2.75) is 26.3 Å². The number of ether oxygens (including phenoxy) is 1. The first-order valence-corrected chi connectivity index (χ1v) is 5.32. The lowest BCUT2D eigenvalue weighted by atomic mass is 10.0. The van der Waals surface area contributed by atoms with Gasteiger partial charge in [-0.25, -0.2) is 0 Å². The highest BCUT2D eigenvalue weighted by Gasteiger charge is 2.21. The van der Waals surface area contributed by atoms with Crippen molar-refractivity contribution in [1.82, 2.24) is 4.90 Å². The van der Waals surface area contributed by atoms with Gasteiger partial charge in [-0.3, -0.25) is 4.90 Å². The molecule has 88 valence electrons. The Hall–Kier alpha value is -0.630. The van der Waals surface area contributed by atoms with Crippen LogP contribution in [-0.2, 0) is 4.74 Å². The summed E-state index contributed by atoms with van der Waals surface area (Å²) in [4.78, 5) is 2.18. The van der Waals surface area contributed by atoms with Gasteiger partial charge in [-0.15, -0.1) is 0 Å². The molecule has 0 amide bonds.